The first-order valence-electron chi connectivity index (χ1n) is 5.90. The smallest absolute Gasteiger partial charge is 0.221 e. The van der Waals surface area contributed by atoms with E-state index >= 15 is 0 Å². The lowest BCUT2D eigenvalue weighted by molar-refractivity contribution is -0.122. The van der Waals surface area contributed by atoms with Crippen LogP contribution in [0, 0.1) is 0 Å². The predicted molar refractivity (Wildman–Crippen MR) is 67.7 cm³/mol. The molecule has 106 valence electrons. The lowest BCUT2D eigenvalue weighted by Crippen LogP contribution is -2.44. The summed E-state index contributed by atoms with van der Waals surface area (Å²) in [6, 6.07) is 0.0178. The van der Waals surface area contributed by atoms with Crippen molar-refractivity contribution in [2.75, 3.05) is 46.2 Å². The topological polar surface area (TPSA) is 87.7 Å². The van der Waals surface area contributed by atoms with Gasteiger partial charge in [-0.25, -0.2) is 12.7 Å². The molecular weight excluding hydrogens is 258 g/mol. The second-order valence-corrected chi connectivity index (χ2v) is 6.68. The highest BCUT2D eigenvalue weighted by Gasteiger charge is 2.18. The van der Waals surface area contributed by atoms with Crippen LogP contribution < -0.4 is 10.6 Å². The van der Waals surface area contributed by atoms with Gasteiger partial charge in [-0.3, -0.25) is 4.79 Å². The molecule has 1 atom stereocenters. The number of hydrogen-bond donors (Lipinski definition) is 2. The van der Waals surface area contributed by atoms with Gasteiger partial charge in [0, 0.05) is 39.6 Å². The summed E-state index contributed by atoms with van der Waals surface area (Å²) in [5, 5.41) is 5.76. The lowest BCUT2D eigenvalue weighted by atomic mass is 10.2. The monoisotopic (exact) mass is 279 g/mol. The zero-order valence-electron chi connectivity index (χ0n) is 10.8. The third-order valence-electron chi connectivity index (χ3n) is 2.67. The van der Waals surface area contributed by atoms with Gasteiger partial charge in [-0.1, -0.05) is 0 Å². The highest BCUT2D eigenvalue weighted by molar-refractivity contribution is 7.89. The Bertz CT molecular complexity index is 363. The quantitative estimate of drug-likeness (QED) is 0.610. The number of rotatable bonds is 6. The van der Waals surface area contributed by atoms with Crippen molar-refractivity contribution in [3.8, 4) is 0 Å². The van der Waals surface area contributed by atoms with E-state index in [1.165, 1.54) is 14.1 Å². The van der Waals surface area contributed by atoms with E-state index in [4.69, 9.17) is 4.74 Å². The number of nitrogens with one attached hydrogen (secondary N) is 2. The summed E-state index contributed by atoms with van der Waals surface area (Å²) in [7, 11) is -0.303. The summed E-state index contributed by atoms with van der Waals surface area (Å²) < 4.78 is 29.3. The van der Waals surface area contributed by atoms with Crippen LogP contribution in [-0.2, 0) is 19.6 Å². The molecule has 1 rings (SSSR count). The van der Waals surface area contributed by atoms with Crippen LogP contribution >= 0.6 is 0 Å². The van der Waals surface area contributed by atoms with E-state index in [0.717, 1.165) is 10.8 Å². The fraction of sp³-hybridized carbons (Fsp3) is 0.900. The van der Waals surface area contributed by atoms with E-state index in [2.05, 4.69) is 10.6 Å². The number of hydrogen-bond acceptors (Lipinski definition) is 5. The van der Waals surface area contributed by atoms with Crippen molar-refractivity contribution in [3.63, 3.8) is 0 Å². The van der Waals surface area contributed by atoms with Crippen molar-refractivity contribution < 1.29 is 17.9 Å². The second kappa shape index (κ2) is 7.03. The fourth-order valence-corrected chi connectivity index (χ4v) is 2.27. The van der Waals surface area contributed by atoms with Crippen molar-refractivity contribution in [1.29, 1.82) is 0 Å². The molecule has 0 spiro atoms. The molecule has 2 N–H and O–H groups in total. The Morgan fingerprint density at radius 3 is 2.78 bits per heavy atom. The fourth-order valence-electron chi connectivity index (χ4n) is 1.55. The van der Waals surface area contributed by atoms with Crippen LogP contribution in [0.2, 0.25) is 0 Å². The normalized spacial score (nSPS) is 20.9. The van der Waals surface area contributed by atoms with Crippen LogP contribution in [0.3, 0.4) is 0 Å². The second-order valence-electron chi connectivity index (χ2n) is 4.38. The molecular formula is C10H21N3O4S. The SMILES string of the molecule is CN(C)S(=O)(=O)CCNC(=O)CC1COCCN1. The molecule has 0 saturated carbocycles. The molecule has 1 amide bonds. The van der Waals surface area contributed by atoms with E-state index in [-0.39, 0.29) is 24.2 Å². The van der Waals surface area contributed by atoms with Gasteiger partial charge in [-0.15, -0.1) is 0 Å². The average molecular weight is 279 g/mol. The molecule has 7 nitrogen and oxygen atoms in total. The van der Waals surface area contributed by atoms with Gasteiger partial charge in [0.25, 0.3) is 0 Å². The summed E-state index contributed by atoms with van der Waals surface area (Å²) in [6.45, 7) is 2.06. The van der Waals surface area contributed by atoms with Crippen LogP contribution in [0.15, 0.2) is 0 Å². The summed E-state index contributed by atoms with van der Waals surface area (Å²) in [5.41, 5.74) is 0. The summed E-state index contributed by atoms with van der Waals surface area (Å²) in [5.74, 6) is -0.243. The molecule has 1 heterocycles. The largest absolute Gasteiger partial charge is 0.378 e. The maximum atomic E-state index is 11.6. The molecule has 18 heavy (non-hydrogen) atoms. The van der Waals surface area contributed by atoms with Crippen molar-refractivity contribution in [2.24, 2.45) is 0 Å². The third-order valence-corrected chi connectivity index (χ3v) is 4.50. The Labute approximate surface area is 108 Å². The van der Waals surface area contributed by atoms with E-state index in [0.29, 0.717) is 19.6 Å². The minimum Gasteiger partial charge on any atom is -0.378 e. The van der Waals surface area contributed by atoms with Gasteiger partial charge in [0.05, 0.1) is 19.0 Å². The van der Waals surface area contributed by atoms with Crippen molar-refractivity contribution in [2.45, 2.75) is 12.5 Å². The number of morpholine rings is 1. The third kappa shape index (κ3) is 5.30. The zero-order valence-corrected chi connectivity index (χ0v) is 11.6. The summed E-state index contributed by atoms with van der Waals surface area (Å²) in [4.78, 5) is 11.6. The van der Waals surface area contributed by atoms with Gasteiger partial charge in [-0.05, 0) is 0 Å². The maximum absolute atomic E-state index is 11.6. The molecule has 1 aliphatic heterocycles. The summed E-state index contributed by atoms with van der Waals surface area (Å²) >= 11 is 0. The number of carbonyl (C=O) groups is 1. The minimum absolute atomic E-state index is 0.0178. The lowest BCUT2D eigenvalue weighted by Gasteiger charge is -2.23. The molecule has 1 aliphatic rings. The molecule has 1 fully saturated rings. The van der Waals surface area contributed by atoms with Crippen LogP contribution in [-0.4, -0.2) is 70.8 Å². The van der Waals surface area contributed by atoms with Crippen molar-refractivity contribution in [3.05, 3.63) is 0 Å². The van der Waals surface area contributed by atoms with Crippen molar-refractivity contribution >= 4 is 15.9 Å². The van der Waals surface area contributed by atoms with Gasteiger partial charge < -0.3 is 15.4 Å². The van der Waals surface area contributed by atoms with Crippen LogP contribution in [0.4, 0.5) is 0 Å². The number of carbonyl (C=O) groups excluding carboxylic acids is 1. The minimum atomic E-state index is -3.25. The molecule has 0 aromatic heterocycles. The first kappa shape index (κ1) is 15.4. The number of nitrogens with zero attached hydrogens (tertiary/aromatic N) is 1. The Balaban J connectivity index is 2.21. The number of amides is 1. The Morgan fingerprint density at radius 2 is 2.22 bits per heavy atom. The highest BCUT2D eigenvalue weighted by Crippen LogP contribution is 1.98. The highest BCUT2D eigenvalue weighted by atomic mass is 32.2. The van der Waals surface area contributed by atoms with Crippen LogP contribution in [0.25, 0.3) is 0 Å². The number of ether oxygens (including phenoxy) is 1. The van der Waals surface area contributed by atoms with Crippen molar-refractivity contribution in [1.82, 2.24) is 14.9 Å². The molecule has 0 radical (unpaired) electrons. The van der Waals surface area contributed by atoms with Gasteiger partial charge >= 0.3 is 0 Å². The van der Waals surface area contributed by atoms with E-state index in [1.54, 1.807) is 0 Å². The molecule has 1 unspecified atom stereocenters. The molecule has 8 heteroatoms. The molecule has 0 aliphatic carbocycles. The first-order chi connectivity index (χ1) is 8.42. The van der Waals surface area contributed by atoms with E-state index < -0.39 is 10.0 Å². The van der Waals surface area contributed by atoms with Gasteiger partial charge in [-0.2, -0.15) is 0 Å². The Morgan fingerprint density at radius 1 is 1.50 bits per heavy atom. The maximum Gasteiger partial charge on any atom is 0.221 e. The zero-order chi connectivity index (χ0) is 13.6. The van der Waals surface area contributed by atoms with Gasteiger partial charge in [0.1, 0.15) is 0 Å². The molecule has 0 aromatic carbocycles. The Hall–Kier alpha value is -0.700. The molecule has 1 saturated heterocycles. The molecule has 0 bridgehead atoms. The van der Waals surface area contributed by atoms with Gasteiger partial charge in [0.2, 0.25) is 15.9 Å². The standard InChI is InChI=1S/C10H21N3O4S/c1-13(2)18(15,16)6-4-12-10(14)7-9-8-17-5-3-11-9/h9,11H,3-8H2,1-2H3,(H,12,14). The van der Waals surface area contributed by atoms with Crippen LogP contribution in [0.1, 0.15) is 6.42 Å². The van der Waals surface area contributed by atoms with E-state index in [1.807, 2.05) is 0 Å². The predicted octanol–water partition coefficient (Wildman–Crippen LogP) is -1.63. The van der Waals surface area contributed by atoms with Crippen LogP contribution in [0.5, 0.6) is 0 Å². The van der Waals surface area contributed by atoms with Gasteiger partial charge in [0.15, 0.2) is 0 Å². The Kier molecular flexibility index (Phi) is 6.00. The summed E-state index contributed by atoms with van der Waals surface area (Å²) in [6.07, 6.45) is 0.308. The molecule has 0 aromatic rings. The van der Waals surface area contributed by atoms with E-state index in [9.17, 15) is 13.2 Å². The first-order valence-corrected chi connectivity index (χ1v) is 7.51. The number of sulfonamides is 1. The average Bonchev–Trinajstić information content (AvgIpc) is 2.29.